The minimum absolute atomic E-state index is 0.314. The Hall–Kier alpha value is -3.08. The number of aliphatic hydroxyl groups excluding tert-OH is 1. The number of hydrogen-bond donors (Lipinski definition) is 3. The van der Waals surface area contributed by atoms with Crippen LogP contribution < -0.4 is 15.8 Å². The highest BCUT2D eigenvalue weighted by Gasteiger charge is 2.15. The molecule has 1 atom stereocenters. The van der Waals surface area contributed by atoms with Crippen molar-refractivity contribution < 1.29 is 9.84 Å². The zero-order chi connectivity index (χ0) is 27.2. The molecule has 39 heavy (non-hydrogen) atoms. The number of anilines is 2. The van der Waals surface area contributed by atoms with Crippen molar-refractivity contribution >= 4 is 67.6 Å². The van der Waals surface area contributed by atoms with E-state index < -0.39 is 6.10 Å². The van der Waals surface area contributed by atoms with Crippen molar-refractivity contribution in [2.45, 2.75) is 29.9 Å². The molecule has 11 heteroatoms. The van der Waals surface area contributed by atoms with Crippen LogP contribution in [0.4, 0.5) is 10.9 Å². The number of rotatable bonds is 11. The lowest BCUT2D eigenvalue weighted by atomic mass is 10.1. The first kappa shape index (κ1) is 27.5. The molecule has 0 bridgehead atoms. The second kappa shape index (κ2) is 12.8. The number of nitrogen functional groups attached to an aromatic ring is 1. The lowest BCUT2D eigenvalue weighted by molar-refractivity contribution is 0.177. The second-order valence-corrected chi connectivity index (χ2v) is 11.5. The molecule has 0 radical (unpaired) electrons. The predicted molar refractivity (Wildman–Crippen MR) is 161 cm³/mol. The van der Waals surface area contributed by atoms with E-state index in [-0.39, 0.29) is 0 Å². The Morgan fingerprint density at radius 1 is 0.923 bits per heavy atom. The molecule has 7 nitrogen and oxygen atoms in total. The molecule has 4 N–H and O–H groups in total. The Bertz CT molecular complexity index is 1570. The Kier molecular flexibility index (Phi) is 9.06. The van der Waals surface area contributed by atoms with Crippen molar-refractivity contribution in [3.05, 3.63) is 94.0 Å². The number of nitrogens with one attached hydrogen (secondary N) is 1. The van der Waals surface area contributed by atoms with Gasteiger partial charge >= 0.3 is 0 Å². The van der Waals surface area contributed by atoms with Crippen molar-refractivity contribution in [1.29, 1.82) is 0 Å². The Morgan fingerprint density at radius 2 is 1.74 bits per heavy atom. The number of para-hydroxylation sites is 1. The monoisotopic (exact) mass is 597 g/mol. The van der Waals surface area contributed by atoms with Crippen LogP contribution >= 0.6 is 46.3 Å². The summed E-state index contributed by atoms with van der Waals surface area (Å²) in [6.45, 7) is 0.314. The Labute approximate surface area is 244 Å². The van der Waals surface area contributed by atoms with Gasteiger partial charge < -0.3 is 20.9 Å². The molecular weight excluding hydrogens is 573 g/mol. The summed E-state index contributed by atoms with van der Waals surface area (Å²) in [6, 6.07) is 23.1. The molecule has 0 aliphatic carbocycles. The maximum atomic E-state index is 10.6. The van der Waals surface area contributed by atoms with Crippen LogP contribution in [-0.4, -0.2) is 32.7 Å². The molecule has 0 aliphatic heterocycles. The van der Waals surface area contributed by atoms with E-state index in [4.69, 9.17) is 38.7 Å². The highest BCUT2D eigenvalue weighted by atomic mass is 35.5. The van der Waals surface area contributed by atoms with E-state index >= 15 is 0 Å². The van der Waals surface area contributed by atoms with Crippen molar-refractivity contribution in [2.75, 3.05) is 17.6 Å². The molecule has 3 aromatic carbocycles. The molecular formula is C28H25Cl2N5O2S2. The lowest BCUT2D eigenvalue weighted by Crippen LogP contribution is -2.20. The van der Waals surface area contributed by atoms with E-state index in [0.717, 1.165) is 27.3 Å². The van der Waals surface area contributed by atoms with Crippen LogP contribution in [0, 0.1) is 0 Å². The number of benzene rings is 3. The van der Waals surface area contributed by atoms with Crippen LogP contribution in [0.25, 0.3) is 10.3 Å². The molecule has 2 heterocycles. The third kappa shape index (κ3) is 7.52. The van der Waals surface area contributed by atoms with Gasteiger partial charge in [0, 0.05) is 12.3 Å². The van der Waals surface area contributed by atoms with Gasteiger partial charge in [-0.15, -0.1) is 0 Å². The Morgan fingerprint density at radius 3 is 2.56 bits per heavy atom. The van der Waals surface area contributed by atoms with Crippen LogP contribution in [0.3, 0.4) is 0 Å². The molecule has 1 unspecified atom stereocenters. The van der Waals surface area contributed by atoms with Gasteiger partial charge in [0.1, 0.15) is 16.2 Å². The van der Waals surface area contributed by atoms with Gasteiger partial charge in [0.15, 0.2) is 21.8 Å². The molecule has 5 aromatic rings. The fraction of sp³-hybridized carbons (Fsp3) is 0.179. The van der Waals surface area contributed by atoms with E-state index in [1.165, 1.54) is 23.1 Å². The third-order valence-corrected chi connectivity index (χ3v) is 8.29. The summed E-state index contributed by atoms with van der Waals surface area (Å²) in [4.78, 5) is 13.7. The predicted octanol–water partition coefficient (Wildman–Crippen LogP) is 7.47. The number of aromatic nitrogens is 3. The van der Waals surface area contributed by atoms with Gasteiger partial charge in [-0.2, -0.15) is 0 Å². The van der Waals surface area contributed by atoms with Gasteiger partial charge in [0.05, 0.1) is 16.1 Å². The van der Waals surface area contributed by atoms with E-state index in [1.807, 2.05) is 66.7 Å². The van der Waals surface area contributed by atoms with Gasteiger partial charge in [-0.1, -0.05) is 82.7 Å². The molecule has 2 aromatic heterocycles. The number of aliphatic hydroxyl groups is 1. The zero-order valence-electron chi connectivity index (χ0n) is 20.7. The number of halogens is 2. The van der Waals surface area contributed by atoms with Crippen LogP contribution in [0.15, 0.2) is 78.0 Å². The first-order chi connectivity index (χ1) is 18.9. The Balaban J connectivity index is 1.23. The SMILES string of the molecule is Nc1nc2nc(SCc3cccc(Oc4ccccc4)c3)nc(NCC(O)CCc3ccc(Cl)c(Cl)c3)c2s1. The molecule has 0 aliphatic rings. The summed E-state index contributed by atoms with van der Waals surface area (Å²) in [5, 5.41) is 15.9. The summed E-state index contributed by atoms with van der Waals surface area (Å²) in [5.74, 6) is 2.79. The van der Waals surface area contributed by atoms with Crippen molar-refractivity contribution in [2.24, 2.45) is 0 Å². The van der Waals surface area contributed by atoms with E-state index in [0.29, 0.717) is 56.9 Å². The number of nitrogens with zero attached hydrogens (tertiary/aromatic N) is 3. The second-order valence-electron chi connectivity index (χ2n) is 8.73. The highest BCUT2D eigenvalue weighted by molar-refractivity contribution is 7.98. The summed E-state index contributed by atoms with van der Waals surface area (Å²) >= 11 is 14.9. The van der Waals surface area contributed by atoms with Crippen LogP contribution in [-0.2, 0) is 12.2 Å². The number of nitrogens with two attached hydrogens (primary N) is 1. The topological polar surface area (TPSA) is 106 Å². The molecule has 0 saturated carbocycles. The van der Waals surface area contributed by atoms with Crippen LogP contribution in [0.2, 0.25) is 10.0 Å². The summed E-state index contributed by atoms with van der Waals surface area (Å²) in [7, 11) is 0. The minimum Gasteiger partial charge on any atom is -0.457 e. The van der Waals surface area contributed by atoms with E-state index in [2.05, 4.69) is 15.3 Å². The fourth-order valence-corrected chi connectivity index (χ4v) is 5.66. The summed E-state index contributed by atoms with van der Waals surface area (Å²) in [6.07, 6.45) is 0.617. The molecule has 5 rings (SSSR count). The maximum absolute atomic E-state index is 10.6. The quantitative estimate of drug-likeness (QED) is 0.106. The standard InChI is InChI=1S/C28H25Cl2N5O2S2/c29-22-12-10-17(14-23(22)30)9-11-19(36)15-32-25-24-26(33-27(31)39-24)35-28(34-25)38-16-18-5-4-8-21(13-18)37-20-6-2-1-3-7-20/h1-8,10,12-14,19,36H,9,11,15-16H2,(H3,31,32,33,34,35). The number of thiazole rings is 1. The number of ether oxygens (including phenoxy) is 1. The maximum Gasteiger partial charge on any atom is 0.191 e. The first-order valence-electron chi connectivity index (χ1n) is 12.2. The molecule has 0 amide bonds. The van der Waals surface area contributed by atoms with Crippen molar-refractivity contribution in [1.82, 2.24) is 15.0 Å². The van der Waals surface area contributed by atoms with Gasteiger partial charge in [-0.25, -0.2) is 15.0 Å². The average molecular weight is 599 g/mol. The van der Waals surface area contributed by atoms with Gasteiger partial charge in [-0.05, 0) is 60.4 Å². The van der Waals surface area contributed by atoms with Crippen LogP contribution in [0.5, 0.6) is 11.5 Å². The van der Waals surface area contributed by atoms with Crippen molar-refractivity contribution in [3.8, 4) is 11.5 Å². The number of aryl methyl sites for hydroxylation is 1. The van der Waals surface area contributed by atoms with Crippen LogP contribution in [0.1, 0.15) is 17.5 Å². The highest BCUT2D eigenvalue weighted by Crippen LogP contribution is 2.32. The van der Waals surface area contributed by atoms with E-state index in [9.17, 15) is 5.11 Å². The summed E-state index contributed by atoms with van der Waals surface area (Å²) < 4.78 is 6.71. The number of fused-ring (bicyclic) bond motifs is 1. The van der Waals surface area contributed by atoms with E-state index in [1.54, 1.807) is 6.07 Å². The minimum atomic E-state index is -0.599. The smallest absolute Gasteiger partial charge is 0.191 e. The molecule has 200 valence electrons. The number of hydrogen-bond acceptors (Lipinski definition) is 9. The summed E-state index contributed by atoms with van der Waals surface area (Å²) in [5.41, 5.74) is 8.58. The largest absolute Gasteiger partial charge is 0.457 e. The average Bonchev–Trinajstić information content (AvgIpc) is 3.32. The third-order valence-electron chi connectivity index (χ3n) is 5.75. The molecule has 0 spiro atoms. The fourth-order valence-electron chi connectivity index (χ4n) is 3.82. The van der Waals surface area contributed by atoms with Crippen molar-refractivity contribution in [3.63, 3.8) is 0 Å². The van der Waals surface area contributed by atoms with Gasteiger partial charge in [0.2, 0.25) is 0 Å². The van der Waals surface area contributed by atoms with Gasteiger partial charge in [0.25, 0.3) is 0 Å². The molecule has 0 fully saturated rings. The number of thioether (sulfide) groups is 1. The molecule has 0 saturated heterocycles. The van der Waals surface area contributed by atoms with Gasteiger partial charge in [-0.3, -0.25) is 0 Å². The zero-order valence-corrected chi connectivity index (χ0v) is 23.8. The lowest BCUT2D eigenvalue weighted by Gasteiger charge is -2.13. The normalized spacial score (nSPS) is 12.0. The first-order valence-corrected chi connectivity index (χ1v) is 14.7.